The zero-order valence-electron chi connectivity index (χ0n) is 22.9. The summed E-state index contributed by atoms with van der Waals surface area (Å²) in [5.74, 6) is 0. The number of aromatic nitrogens is 1. The monoisotopic (exact) mass is 513 g/mol. The lowest BCUT2D eigenvalue weighted by Gasteiger charge is -2.43. The summed E-state index contributed by atoms with van der Waals surface area (Å²) in [5.41, 5.74) is 5.86. The molecule has 2 aliphatic rings. The van der Waals surface area contributed by atoms with E-state index in [0.29, 0.717) is 0 Å². The van der Waals surface area contributed by atoms with Gasteiger partial charge in [-0.2, -0.15) is 0 Å². The standard InChI is InChI=1S/C30H47N3O2S/c1-28(2)12-13-29(3,4)25-21-23(9-10-24(25)28)26-22-36-27(32-26)33-17-14-30(15-18-33,11-8-20-35)31-16-6-5-7-19-34/h9-10,21-22,31,34-35H,5-8,11-20H2,1-4H3. The lowest BCUT2D eigenvalue weighted by molar-refractivity contribution is 0.204. The van der Waals surface area contributed by atoms with Gasteiger partial charge in [-0.1, -0.05) is 39.8 Å². The van der Waals surface area contributed by atoms with Crippen LogP contribution in [-0.4, -0.2) is 53.6 Å². The molecule has 1 aliphatic carbocycles. The van der Waals surface area contributed by atoms with E-state index >= 15 is 0 Å². The largest absolute Gasteiger partial charge is 0.396 e. The van der Waals surface area contributed by atoms with Gasteiger partial charge in [-0.3, -0.25) is 0 Å². The van der Waals surface area contributed by atoms with E-state index in [9.17, 15) is 5.11 Å². The van der Waals surface area contributed by atoms with Gasteiger partial charge in [0.2, 0.25) is 0 Å². The van der Waals surface area contributed by atoms with E-state index in [1.54, 1.807) is 11.3 Å². The van der Waals surface area contributed by atoms with E-state index < -0.39 is 0 Å². The molecule has 0 atom stereocenters. The second-order valence-electron chi connectivity index (χ2n) is 12.3. The third-order valence-electron chi connectivity index (χ3n) is 8.78. The fraction of sp³-hybridized carbons (Fsp3) is 0.700. The van der Waals surface area contributed by atoms with Crippen LogP contribution in [0, 0.1) is 0 Å². The number of nitrogens with one attached hydrogen (secondary N) is 1. The van der Waals surface area contributed by atoms with Crippen LogP contribution >= 0.6 is 11.3 Å². The number of piperidine rings is 1. The second-order valence-corrected chi connectivity index (χ2v) is 13.2. The first-order valence-corrected chi connectivity index (χ1v) is 14.9. The molecule has 0 bridgehead atoms. The maximum atomic E-state index is 9.45. The van der Waals surface area contributed by atoms with Crippen LogP contribution in [0.4, 0.5) is 5.13 Å². The van der Waals surface area contributed by atoms with Gasteiger partial charge in [0.05, 0.1) is 5.69 Å². The maximum absolute atomic E-state index is 9.45. The molecule has 0 amide bonds. The Hall–Kier alpha value is -1.47. The van der Waals surface area contributed by atoms with E-state index in [1.807, 2.05) is 0 Å². The molecule has 1 aromatic heterocycles. The van der Waals surface area contributed by atoms with Crippen LogP contribution in [0.2, 0.25) is 0 Å². The topological polar surface area (TPSA) is 68.6 Å². The molecule has 0 radical (unpaired) electrons. The lowest BCUT2D eigenvalue weighted by atomic mass is 9.63. The molecular formula is C30H47N3O2S. The molecule has 4 rings (SSSR count). The molecule has 2 aromatic rings. The molecule has 1 aliphatic heterocycles. The van der Waals surface area contributed by atoms with Gasteiger partial charge in [0.25, 0.3) is 0 Å². The fourth-order valence-corrected chi connectivity index (χ4v) is 7.00. The number of benzene rings is 1. The Kier molecular flexibility index (Phi) is 8.81. The Balaban J connectivity index is 1.43. The molecule has 36 heavy (non-hydrogen) atoms. The van der Waals surface area contributed by atoms with Crippen molar-refractivity contribution in [2.45, 2.75) is 102 Å². The van der Waals surface area contributed by atoms with Crippen molar-refractivity contribution in [3.05, 3.63) is 34.7 Å². The van der Waals surface area contributed by atoms with Crippen molar-refractivity contribution in [2.75, 3.05) is 37.7 Å². The minimum Gasteiger partial charge on any atom is -0.396 e. The maximum Gasteiger partial charge on any atom is 0.185 e. The summed E-state index contributed by atoms with van der Waals surface area (Å²) in [4.78, 5) is 7.55. The average molecular weight is 514 g/mol. The zero-order valence-corrected chi connectivity index (χ0v) is 23.7. The summed E-state index contributed by atoms with van der Waals surface area (Å²) in [7, 11) is 0. The van der Waals surface area contributed by atoms with Crippen molar-refractivity contribution >= 4 is 16.5 Å². The summed E-state index contributed by atoms with van der Waals surface area (Å²) in [6.45, 7) is 13.0. The molecule has 6 heteroatoms. The van der Waals surface area contributed by atoms with Gasteiger partial charge in [-0.15, -0.1) is 11.3 Å². The van der Waals surface area contributed by atoms with Crippen LogP contribution in [0.1, 0.15) is 96.6 Å². The third kappa shape index (κ3) is 6.15. The highest BCUT2D eigenvalue weighted by Gasteiger charge is 2.37. The summed E-state index contributed by atoms with van der Waals surface area (Å²) < 4.78 is 0. The SMILES string of the molecule is CC1(C)CCC(C)(C)c2cc(-c3csc(N4CCC(CCCO)(NCCCCCO)CC4)n3)ccc21. The van der Waals surface area contributed by atoms with Gasteiger partial charge in [-0.25, -0.2) is 4.98 Å². The number of aliphatic hydroxyl groups is 2. The van der Waals surface area contributed by atoms with Crippen LogP contribution in [0.15, 0.2) is 23.6 Å². The smallest absolute Gasteiger partial charge is 0.185 e. The number of rotatable bonds is 11. The van der Waals surface area contributed by atoms with E-state index in [-0.39, 0.29) is 29.6 Å². The number of anilines is 1. The summed E-state index contributed by atoms with van der Waals surface area (Å²) in [6, 6.07) is 7.04. The molecule has 1 fully saturated rings. The van der Waals surface area contributed by atoms with E-state index in [0.717, 1.165) is 75.4 Å². The Bertz CT molecular complexity index is 992. The first-order chi connectivity index (χ1) is 17.2. The first-order valence-electron chi connectivity index (χ1n) is 14.0. The number of thiazole rings is 1. The van der Waals surface area contributed by atoms with Crippen molar-refractivity contribution in [2.24, 2.45) is 0 Å². The van der Waals surface area contributed by atoms with E-state index in [4.69, 9.17) is 10.1 Å². The lowest BCUT2D eigenvalue weighted by Crippen LogP contribution is -2.53. The summed E-state index contributed by atoms with van der Waals surface area (Å²) in [5, 5.41) is 25.7. The summed E-state index contributed by atoms with van der Waals surface area (Å²) in [6.07, 6.45) is 9.50. The first kappa shape index (κ1) is 27.6. The second kappa shape index (κ2) is 11.5. The van der Waals surface area contributed by atoms with Crippen LogP contribution in [-0.2, 0) is 10.8 Å². The van der Waals surface area contributed by atoms with Crippen molar-refractivity contribution in [3.8, 4) is 11.3 Å². The number of fused-ring (bicyclic) bond motifs is 1. The number of unbranched alkanes of at least 4 members (excludes halogenated alkanes) is 2. The minimum atomic E-state index is 0.107. The molecule has 0 unspecified atom stereocenters. The van der Waals surface area contributed by atoms with Crippen molar-refractivity contribution in [3.63, 3.8) is 0 Å². The highest BCUT2D eigenvalue weighted by molar-refractivity contribution is 7.14. The normalized spacial score (nSPS) is 20.3. The molecule has 0 saturated carbocycles. The third-order valence-corrected chi connectivity index (χ3v) is 9.68. The number of hydrogen-bond acceptors (Lipinski definition) is 6. The van der Waals surface area contributed by atoms with Gasteiger partial charge in [-0.05, 0) is 92.4 Å². The number of nitrogens with zero attached hydrogens (tertiary/aromatic N) is 2. The summed E-state index contributed by atoms with van der Waals surface area (Å²) >= 11 is 1.76. The Morgan fingerprint density at radius 1 is 0.889 bits per heavy atom. The van der Waals surface area contributed by atoms with Gasteiger partial charge in [0, 0.05) is 42.8 Å². The Morgan fingerprint density at radius 3 is 2.28 bits per heavy atom. The number of aliphatic hydroxyl groups excluding tert-OH is 2. The fourth-order valence-electron chi connectivity index (χ4n) is 6.12. The van der Waals surface area contributed by atoms with Gasteiger partial charge < -0.3 is 20.4 Å². The molecule has 1 saturated heterocycles. The molecular weight excluding hydrogens is 466 g/mol. The highest BCUT2D eigenvalue weighted by Crippen LogP contribution is 2.47. The molecule has 2 heterocycles. The van der Waals surface area contributed by atoms with Crippen LogP contribution < -0.4 is 10.2 Å². The van der Waals surface area contributed by atoms with Gasteiger partial charge in [0.15, 0.2) is 5.13 Å². The highest BCUT2D eigenvalue weighted by atomic mass is 32.1. The van der Waals surface area contributed by atoms with E-state index in [1.165, 1.54) is 29.5 Å². The molecule has 3 N–H and O–H groups in total. The quantitative estimate of drug-likeness (QED) is 0.321. The minimum absolute atomic E-state index is 0.107. The van der Waals surface area contributed by atoms with Gasteiger partial charge >= 0.3 is 0 Å². The Morgan fingerprint density at radius 2 is 1.58 bits per heavy atom. The molecule has 1 aromatic carbocycles. The van der Waals surface area contributed by atoms with Crippen molar-refractivity contribution in [1.82, 2.24) is 10.3 Å². The van der Waals surface area contributed by atoms with Crippen LogP contribution in [0.3, 0.4) is 0 Å². The predicted molar refractivity (Wildman–Crippen MR) is 152 cm³/mol. The molecule has 5 nitrogen and oxygen atoms in total. The van der Waals surface area contributed by atoms with Crippen molar-refractivity contribution in [1.29, 1.82) is 0 Å². The molecule has 0 spiro atoms. The average Bonchev–Trinajstić information content (AvgIpc) is 3.36. The van der Waals surface area contributed by atoms with Gasteiger partial charge in [0.1, 0.15) is 0 Å². The Labute approximate surface area is 222 Å². The van der Waals surface area contributed by atoms with Crippen LogP contribution in [0.25, 0.3) is 11.3 Å². The zero-order chi connectivity index (χ0) is 25.8. The number of hydrogen-bond donors (Lipinski definition) is 3. The molecule has 200 valence electrons. The predicted octanol–water partition coefficient (Wildman–Crippen LogP) is 6.02. The van der Waals surface area contributed by atoms with Crippen LogP contribution in [0.5, 0.6) is 0 Å². The van der Waals surface area contributed by atoms with E-state index in [2.05, 4.69) is 61.5 Å². The van der Waals surface area contributed by atoms with Crippen molar-refractivity contribution < 1.29 is 10.2 Å².